The van der Waals surface area contributed by atoms with E-state index in [1.54, 1.807) is 11.8 Å². The van der Waals surface area contributed by atoms with Crippen LogP contribution in [0.4, 0.5) is 5.69 Å². The Hall–Kier alpha value is -2.85. The molecule has 4 heteroatoms. The molecular weight excluding hydrogens is 328 g/mol. The molecule has 0 unspecified atom stereocenters. The Kier molecular flexibility index (Phi) is 4.36. The second-order valence-corrected chi connectivity index (χ2v) is 6.66. The molecule has 0 fully saturated rings. The molecule has 1 amide bonds. The quantitative estimate of drug-likeness (QED) is 0.413. The summed E-state index contributed by atoms with van der Waals surface area (Å²) in [5, 5.41) is 5.10. The number of thioether (sulfide) groups is 1. The number of nitrogens with zero attached hydrogens (tertiary/aromatic N) is 1. The number of hydrogen-bond donors (Lipinski definition) is 1. The van der Waals surface area contributed by atoms with Crippen LogP contribution in [0.1, 0.15) is 0 Å². The van der Waals surface area contributed by atoms with Crippen molar-refractivity contribution in [3.8, 4) is 0 Å². The summed E-state index contributed by atoms with van der Waals surface area (Å²) in [7, 11) is 0. The number of para-hydroxylation sites is 3. The van der Waals surface area contributed by atoms with Gasteiger partial charge in [0.05, 0.1) is 16.8 Å². The van der Waals surface area contributed by atoms with Crippen molar-refractivity contribution < 1.29 is 4.79 Å². The molecule has 0 saturated carbocycles. The van der Waals surface area contributed by atoms with Crippen LogP contribution in [0.25, 0.3) is 21.8 Å². The summed E-state index contributed by atoms with van der Waals surface area (Å²) in [4.78, 5) is 18.1. The molecule has 1 N–H and O–H groups in total. The maximum absolute atomic E-state index is 12.3. The first kappa shape index (κ1) is 15.7. The maximum atomic E-state index is 12.3. The van der Waals surface area contributed by atoms with Crippen molar-refractivity contribution in [1.82, 2.24) is 4.98 Å². The van der Waals surface area contributed by atoms with Crippen molar-refractivity contribution >= 4 is 45.2 Å². The van der Waals surface area contributed by atoms with Crippen molar-refractivity contribution in [2.45, 2.75) is 4.90 Å². The second-order valence-electron chi connectivity index (χ2n) is 5.68. The monoisotopic (exact) mass is 344 g/mol. The topological polar surface area (TPSA) is 42.0 Å². The second kappa shape index (κ2) is 6.95. The Morgan fingerprint density at radius 2 is 1.36 bits per heavy atom. The summed E-state index contributed by atoms with van der Waals surface area (Å²) in [6.45, 7) is 0. The van der Waals surface area contributed by atoms with E-state index < -0.39 is 0 Å². The number of fused-ring (bicyclic) bond motifs is 2. The molecule has 0 radical (unpaired) electrons. The van der Waals surface area contributed by atoms with Gasteiger partial charge < -0.3 is 5.32 Å². The fraction of sp³-hybridized carbons (Fsp3) is 0.0476. The lowest BCUT2D eigenvalue weighted by atomic mass is 10.1. The number of benzene rings is 3. The summed E-state index contributed by atoms with van der Waals surface area (Å²) in [5.41, 5.74) is 2.72. The largest absolute Gasteiger partial charge is 0.325 e. The Bertz CT molecular complexity index is 993. The molecule has 0 saturated heterocycles. The van der Waals surface area contributed by atoms with Gasteiger partial charge in [-0.25, -0.2) is 4.98 Å². The predicted octanol–water partition coefficient (Wildman–Crippen LogP) is 5.12. The smallest absolute Gasteiger partial charge is 0.234 e. The third-order valence-corrected chi connectivity index (χ3v) is 5.08. The third-order valence-electron chi connectivity index (χ3n) is 3.94. The van der Waals surface area contributed by atoms with Gasteiger partial charge in [0.25, 0.3) is 0 Å². The van der Waals surface area contributed by atoms with Crippen LogP contribution >= 0.6 is 11.8 Å². The van der Waals surface area contributed by atoms with Gasteiger partial charge in [0.1, 0.15) is 0 Å². The van der Waals surface area contributed by atoms with Crippen molar-refractivity contribution in [3.63, 3.8) is 0 Å². The van der Waals surface area contributed by atoms with Gasteiger partial charge in [-0.05, 0) is 24.3 Å². The molecule has 1 heterocycles. The summed E-state index contributed by atoms with van der Waals surface area (Å²) >= 11 is 1.55. The number of aromatic nitrogens is 1. The molecule has 4 rings (SSSR count). The molecule has 3 aromatic carbocycles. The summed E-state index contributed by atoms with van der Waals surface area (Å²) < 4.78 is 0. The number of amides is 1. The summed E-state index contributed by atoms with van der Waals surface area (Å²) in [6.07, 6.45) is 0. The third kappa shape index (κ3) is 3.35. The zero-order chi connectivity index (χ0) is 17.1. The van der Waals surface area contributed by atoms with Crippen molar-refractivity contribution in [2.75, 3.05) is 11.1 Å². The first-order valence-corrected chi connectivity index (χ1v) is 9.05. The normalized spacial score (nSPS) is 10.9. The molecule has 1 aromatic heterocycles. The van der Waals surface area contributed by atoms with Gasteiger partial charge in [0, 0.05) is 21.4 Å². The predicted molar refractivity (Wildman–Crippen MR) is 105 cm³/mol. The minimum Gasteiger partial charge on any atom is -0.325 e. The highest BCUT2D eigenvalue weighted by atomic mass is 32.2. The lowest BCUT2D eigenvalue weighted by Crippen LogP contribution is -2.13. The van der Waals surface area contributed by atoms with Crippen LogP contribution in [0.5, 0.6) is 0 Å². The maximum Gasteiger partial charge on any atom is 0.234 e. The number of rotatable bonds is 4. The van der Waals surface area contributed by atoms with Crippen LogP contribution < -0.4 is 5.32 Å². The van der Waals surface area contributed by atoms with E-state index in [9.17, 15) is 4.79 Å². The van der Waals surface area contributed by atoms with Crippen molar-refractivity contribution in [2.24, 2.45) is 0 Å². The van der Waals surface area contributed by atoms with E-state index >= 15 is 0 Å². The minimum absolute atomic E-state index is 0.0128. The fourth-order valence-electron chi connectivity index (χ4n) is 2.81. The van der Waals surface area contributed by atoms with E-state index in [-0.39, 0.29) is 5.91 Å². The van der Waals surface area contributed by atoms with E-state index in [2.05, 4.69) is 17.4 Å². The number of pyridine rings is 1. The number of carbonyl (C=O) groups is 1. The van der Waals surface area contributed by atoms with E-state index in [1.165, 1.54) is 0 Å². The van der Waals surface area contributed by atoms with E-state index in [0.717, 1.165) is 32.4 Å². The fourth-order valence-corrected chi connectivity index (χ4v) is 3.82. The molecule has 4 aromatic rings. The Labute approximate surface area is 150 Å². The number of anilines is 1. The highest BCUT2D eigenvalue weighted by Gasteiger charge is 2.11. The summed E-state index contributed by atoms with van der Waals surface area (Å²) in [5.74, 6) is 0.341. The standard InChI is InChI=1S/C21H16N2OS/c24-20(22-15-8-2-1-3-9-15)14-25-21-16-10-4-6-12-18(16)23-19-13-7-5-11-17(19)21/h1-13H,14H2,(H,22,24). The van der Waals surface area contributed by atoms with E-state index in [0.29, 0.717) is 5.75 Å². The van der Waals surface area contributed by atoms with Crippen LogP contribution in [0.2, 0.25) is 0 Å². The van der Waals surface area contributed by atoms with Crippen LogP contribution in [0.3, 0.4) is 0 Å². The van der Waals surface area contributed by atoms with Gasteiger partial charge >= 0.3 is 0 Å². The van der Waals surface area contributed by atoms with Crippen LogP contribution in [-0.2, 0) is 4.79 Å². The Morgan fingerprint density at radius 3 is 2.00 bits per heavy atom. The molecule has 0 aliphatic heterocycles. The van der Waals surface area contributed by atoms with Gasteiger partial charge in [0.15, 0.2) is 0 Å². The highest BCUT2D eigenvalue weighted by molar-refractivity contribution is 8.00. The number of hydrogen-bond acceptors (Lipinski definition) is 3. The average molecular weight is 344 g/mol. The molecule has 122 valence electrons. The van der Waals surface area contributed by atoms with Gasteiger partial charge in [-0.3, -0.25) is 4.79 Å². The first-order chi connectivity index (χ1) is 12.3. The zero-order valence-electron chi connectivity index (χ0n) is 13.5. The number of nitrogens with one attached hydrogen (secondary N) is 1. The molecular formula is C21H16N2OS. The molecule has 0 bridgehead atoms. The molecule has 0 aliphatic carbocycles. The highest BCUT2D eigenvalue weighted by Crippen LogP contribution is 2.34. The average Bonchev–Trinajstić information content (AvgIpc) is 2.66. The first-order valence-electron chi connectivity index (χ1n) is 8.06. The van der Waals surface area contributed by atoms with Crippen molar-refractivity contribution in [3.05, 3.63) is 78.9 Å². The van der Waals surface area contributed by atoms with Crippen LogP contribution in [0.15, 0.2) is 83.8 Å². The summed E-state index contributed by atoms with van der Waals surface area (Å²) in [6, 6.07) is 25.7. The number of carbonyl (C=O) groups excluding carboxylic acids is 1. The molecule has 25 heavy (non-hydrogen) atoms. The molecule has 0 spiro atoms. The molecule has 0 atom stereocenters. The molecule has 3 nitrogen and oxygen atoms in total. The Morgan fingerprint density at radius 1 is 0.800 bits per heavy atom. The van der Waals surface area contributed by atoms with E-state index in [1.807, 2.05) is 66.7 Å². The van der Waals surface area contributed by atoms with Gasteiger partial charge in [0.2, 0.25) is 5.91 Å². The van der Waals surface area contributed by atoms with Crippen LogP contribution in [0, 0.1) is 0 Å². The molecule has 0 aliphatic rings. The zero-order valence-corrected chi connectivity index (χ0v) is 14.3. The lowest BCUT2D eigenvalue weighted by Gasteiger charge is -2.10. The minimum atomic E-state index is -0.0128. The van der Waals surface area contributed by atoms with Crippen LogP contribution in [-0.4, -0.2) is 16.6 Å². The van der Waals surface area contributed by atoms with E-state index in [4.69, 9.17) is 4.98 Å². The van der Waals surface area contributed by atoms with Gasteiger partial charge in [-0.2, -0.15) is 0 Å². The van der Waals surface area contributed by atoms with Crippen molar-refractivity contribution in [1.29, 1.82) is 0 Å². The lowest BCUT2D eigenvalue weighted by molar-refractivity contribution is -0.113. The Balaban J connectivity index is 1.64. The SMILES string of the molecule is O=C(CSc1c2ccccc2nc2ccccc12)Nc1ccccc1. The van der Waals surface area contributed by atoms with Gasteiger partial charge in [-0.15, -0.1) is 11.8 Å². The van der Waals surface area contributed by atoms with Gasteiger partial charge in [-0.1, -0.05) is 54.6 Å².